The van der Waals surface area contributed by atoms with Crippen molar-refractivity contribution < 1.29 is 19.1 Å². The maximum absolute atomic E-state index is 11.9. The van der Waals surface area contributed by atoms with E-state index < -0.39 is 5.41 Å². The molecule has 0 aromatic carbocycles. The second kappa shape index (κ2) is 4.45. The summed E-state index contributed by atoms with van der Waals surface area (Å²) in [4.78, 5) is 23.3. The number of carbonyl (C=O) groups is 2. The lowest BCUT2D eigenvalue weighted by molar-refractivity contribution is -0.145. The standard InChI is InChI=1S/C17H18O4/c1-9-8-14(20-11(3)18)17(4)13(9)7-5-6-12-10(2)16(19)21-15(12)17/h5,7-8,12,15H,2,6H2,1,3-4H3/t12-,15+,17-/m0/s1. The van der Waals surface area contributed by atoms with Crippen LogP contribution in [0.5, 0.6) is 0 Å². The van der Waals surface area contributed by atoms with Crippen LogP contribution < -0.4 is 0 Å². The third-order valence-corrected chi connectivity index (χ3v) is 4.65. The van der Waals surface area contributed by atoms with Gasteiger partial charge in [0.2, 0.25) is 0 Å². The first-order valence-corrected chi connectivity index (χ1v) is 7.04. The molecule has 1 aliphatic heterocycles. The van der Waals surface area contributed by atoms with Crippen LogP contribution in [0.4, 0.5) is 0 Å². The second-order valence-electron chi connectivity index (χ2n) is 6.00. The number of rotatable bonds is 1. The van der Waals surface area contributed by atoms with Crippen LogP contribution in [-0.4, -0.2) is 18.0 Å². The van der Waals surface area contributed by atoms with Crippen LogP contribution in [-0.2, 0) is 19.1 Å². The van der Waals surface area contributed by atoms with E-state index in [1.54, 1.807) is 0 Å². The summed E-state index contributed by atoms with van der Waals surface area (Å²) < 4.78 is 11.0. The van der Waals surface area contributed by atoms with Gasteiger partial charge in [0.15, 0.2) is 0 Å². The minimum Gasteiger partial charge on any atom is -0.457 e. The third-order valence-electron chi connectivity index (χ3n) is 4.65. The fourth-order valence-corrected chi connectivity index (χ4v) is 3.58. The van der Waals surface area contributed by atoms with Crippen molar-refractivity contribution in [1.29, 1.82) is 0 Å². The predicted octanol–water partition coefficient (Wildman–Crippen LogP) is 2.83. The zero-order valence-electron chi connectivity index (χ0n) is 12.4. The van der Waals surface area contributed by atoms with Gasteiger partial charge < -0.3 is 9.47 Å². The number of carbonyl (C=O) groups excluding carboxylic acids is 2. The van der Waals surface area contributed by atoms with E-state index in [2.05, 4.69) is 6.58 Å². The molecule has 0 aromatic heterocycles. The Morgan fingerprint density at radius 3 is 2.90 bits per heavy atom. The highest BCUT2D eigenvalue weighted by Gasteiger charge is 2.56. The van der Waals surface area contributed by atoms with E-state index in [-0.39, 0.29) is 24.0 Å². The lowest BCUT2D eigenvalue weighted by Crippen LogP contribution is -2.38. The summed E-state index contributed by atoms with van der Waals surface area (Å²) in [6.45, 7) is 9.17. The minimum absolute atomic E-state index is 0.0823. The van der Waals surface area contributed by atoms with Crippen LogP contribution in [0, 0.1) is 11.3 Å². The second-order valence-corrected chi connectivity index (χ2v) is 6.00. The van der Waals surface area contributed by atoms with Gasteiger partial charge >= 0.3 is 11.9 Å². The first kappa shape index (κ1) is 13.9. The number of esters is 2. The van der Waals surface area contributed by atoms with Gasteiger partial charge in [0.05, 0.1) is 5.41 Å². The molecule has 3 rings (SSSR count). The first-order valence-electron chi connectivity index (χ1n) is 7.04. The summed E-state index contributed by atoms with van der Waals surface area (Å²) in [6.07, 6.45) is 6.26. The fraction of sp³-hybridized carbons (Fsp3) is 0.412. The summed E-state index contributed by atoms with van der Waals surface area (Å²) in [5, 5.41) is 0. The molecular formula is C17H18O4. The maximum Gasteiger partial charge on any atom is 0.334 e. The highest BCUT2D eigenvalue weighted by atomic mass is 16.6. The van der Waals surface area contributed by atoms with E-state index >= 15 is 0 Å². The van der Waals surface area contributed by atoms with Gasteiger partial charge in [-0.1, -0.05) is 18.7 Å². The molecule has 3 aliphatic rings. The monoisotopic (exact) mass is 286 g/mol. The Kier molecular flexibility index (Phi) is 2.94. The van der Waals surface area contributed by atoms with Crippen LogP contribution in [0.2, 0.25) is 0 Å². The summed E-state index contributed by atoms with van der Waals surface area (Å²) in [6, 6.07) is 0. The Balaban J connectivity index is 2.12. The molecule has 0 N–H and O–H groups in total. The molecule has 4 nitrogen and oxygen atoms in total. The summed E-state index contributed by atoms with van der Waals surface area (Å²) >= 11 is 0. The fourth-order valence-electron chi connectivity index (χ4n) is 3.58. The molecule has 0 spiro atoms. The summed E-state index contributed by atoms with van der Waals surface area (Å²) in [5.41, 5.74) is 1.93. The molecular weight excluding hydrogens is 268 g/mol. The highest BCUT2D eigenvalue weighted by molar-refractivity contribution is 5.91. The number of ether oxygens (including phenoxy) is 2. The first-order chi connectivity index (χ1) is 9.85. The van der Waals surface area contributed by atoms with Gasteiger partial charge in [0, 0.05) is 18.4 Å². The van der Waals surface area contributed by atoms with Crippen LogP contribution in [0.3, 0.4) is 0 Å². The Labute approximate surface area is 123 Å². The van der Waals surface area contributed by atoms with Gasteiger partial charge in [-0.05, 0) is 37.5 Å². The third kappa shape index (κ3) is 1.82. The van der Waals surface area contributed by atoms with Gasteiger partial charge in [0.25, 0.3) is 0 Å². The van der Waals surface area contributed by atoms with Crippen molar-refractivity contribution in [3.8, 4) is 0 Å². The van der Waals surface area contributed by atoms with E-state index in [1.165, 1.54) is 6.92 Å². The molecule has 3 atom stereocenters. The van der Waals surface area contributed by atoms with Gasteiger partial charge in [-0.2, -0.15) is 0 Å². The molecule has 0 amide bonds. The smallest absolute Gasteiger partial charge is 0.334 e. The lowest BCUT2D eigenvalue weighted by Gasteiger charge is -2.35. The highest BCUT2D eigenvalue weighted by Crippen LogP contribution is 2.54. The van der Waals surface area contributed by atoms with E-state index in [0.29, 0.717) is 17.8 Å². The topological polar surface area (TPSA) is 52.6 Å². The van der Waals surface area contributed by atoms with Crippen molar-refractivity contribution in [1.82, 2.24) is 0 Å². The molecule has 1 saturated heterocycles. The van der Waals surface area contributed by atoms with Gasteiger partial charge in [-0.3, -0.25) is 4.79 Å². The quantitative estimate of drug-likeness (QED) is 0.549. The summed E-state index contributed by atoms with van der Waals surface area (Å²) in [7, 11) is 0. The molecule has 1 heterocycles. The molecule has 110 valence electrons. The Morgan fingerprint density at radius 1 is 1.52 bits per heavy atom. The number of hydrogen-bond acceptors (Lipinski definition) is 4. The van der Waals surface area contributed by atoms with E-state index in [1.807, 2.05) is 32.1 Å². The molecule has 0 bridgehead atoms. The number of allylic oxidation sites excluding steroid dienone is 4. The maximum atomic E-state index is 11.9. The molecule has 0 unspecified atom stereocenters. The molecule has 0 radical (unpaired) electrons. The normalized spacial score (nSPS) is 34.1. The van der Waals surface area contributed by atoms with E-state index in [4.69, 9.17) is 9.47 Å². The van der Waals surface area contributed by atoms with Crippen molar-refractivity contribution in [3.05, 3.63) is 47.3 Å². The van der Waals surface area contributed by atoms with Gasteiger partial charge in [0.1, 0.15) is 11.9 Å². The lowest BCUT2D eigenvalue weighted by atomic mass is 9.73. The zero-order valence-corrected chi connectivity index (χ0v) is 12.4. The van der Waals surface area contributed by atoms with E-state index in [0.717, 1.165) is 11.1 Å². The number of hydrogen-bond donors (Lipinski definition) is 0. The van der Waals surface area contributed by atoms with Crippen LogP contribution in [0.25, 0.3) is 0 Å². The van der Waals surface area contributed by atoms with Crippen LogP contribution in [0.15, 0.2) is 47.3 Å². The van der Waals surface area contributed by atoms with E-state index in [9.17, 15) is 9.59 Å². The van der Waals surface area contributed by atoms with Gasteiger partial charge in [-0.25, -0.2) is 4.79 Å². The molecule has 0 saturated carbocycles. The van der Waals surface area contributed by atoms with Crippen molar-refractivity contribution in [3.63, 3.8) is 0 Å². The Hall–Kier alpha value is -2.10. The Bertz CT molecular complexity index is 650. The average Bonchev–Trinajstić information content (AvgIpc) is 2.74. The average molecular weight is 286 g/mol. The SMILES string of the molecule is C=C1C(=O)O[C@@H]2[C@H]1CC=CC1=C(C)C=C(OC(C)=O)[C@]12C. The van der Waals surface area contributed by atoms with Gasteiger partial charge in [-0.15, -0.1) is 0 Å². The molecule has 21 heavy (non-hydrogen) atoms. The van der Waals surface area contributed by atoms with Crippen LogP contribution in [0.1, 0.15) is 27.2 Å². The minimum atomic E-state index is -0.636. The largest absolute Gasteiger partial charge is 0.457 e. The molecule has 4 heteroatoms. The molecule has 1 fully saturated rings. The predicted molar refractivity (Wildman–Crippen MR) is 76.9 cm³/mol. The van der Waals surface area contributed by atoms with Crippen molar-refractivity contribution in [2.45, 2.75) is 33.3 Å². The molecule has 0 aromatic rings. The van der Waals surface area contributed by atoms with Crippen molar-refractivity contribution in [2.75, 3.05) is 0 Å². The Morgan fingerprint density at radius 2 is 2.24 bits per heavy atom. The van der Waals surface area contributed by atoms with Crippen molar-refractivity contribution >= 4 is 11.9 Å². The number of fused-ring (bicyclic) bond motifs is 3. The summed E-state index contributed by atoms with van der Waals surface area (Å²) in [5.74, 6) is -0.260. The zero-order chi connectivity index (χ0) is 15.4. The molecule has 2 aliphatic carbocycles. The van der Waals surface area contributed by atoms with Crippen molar-refractivity contribution in [2.24, 2.45) is 11.3 Å². The van der Waals surface area contributed by atoms with Crippen LogP contribution >= 0.6 is 0 Å².